The first kappa shape index (κ1) is 14.9. The maximum absolute atomic E-state index is 11.0. The van der Waals surface area contributed by atoms with Gasteiger partial charge in [-0.3, -0.25) is 20.2 Å². The van der Waals surface area contributed by atoms with Crippen molar-refractivity contribution in [2.24, 2.45) is 0 Å². The van der Waals surface area contributed by atoms with Crippen molar-refractivity contribution in [1.29, 1.82) is 0 Å². The highest BCUT2D eigenvalue weighted by Crippen LogP contribution is 2.29. The molecule has 1 aromatic heterocycles. The topological polar surface area (TPSA) is 111 Å². The predicted octanol–water partition coefficient (Wildman–Crippen LogP) is 3.18. The van der Waals surface area contributed by atoms with E-state index >= 15 is 0 Å². The van der Waals surface area contributed by atoms with Gasteiger partial charge in [-0.25, -0.2) is 4.98 Å². The quantitative estimate of drug-likeness (QED) is 0.648. The Morgan fingerprint density at radius 1 is 1.33 bits per heavy atom. The molecule has 2 rings (SSSR count). The monoisotopic (exact) mass is 308 g/mol. The minimum atomic E-state index is -0.658. The summed E-state index contributed by atoms with van der Waals surface area (Å²) in [5.74, 6) is 0.0831. The number of rotatable bonds is 6. The lowest BCUT2D eigenvalue weighted by Gasteiger charge is -2.11. The summed E-state index contributed by atoms with van der Waals surface area (Å²) in [6.07, 6.45) is 1.70. The Morgan fingerprint density at radius 3 is 2.67 bits per heavy atom. The van der Waals surface area contributed by atoms with Crippen molar-refractivity contribution >= 4 is 28.4 Å². The molecule has 1 atom stereocenters. The lowest BCUT2D eigenvalue weighted by molar-refractivity contribution is -0.393. The number of benzene rings is 1. The third kappa shape index (κ3) is 3.51. The van der Waals surface area contributed by atoms with Gasteiger partial charge in [-0.1, -0.05) is 6.92 Å². The van der Waals surface area contributed by atoms with Crippen molar-refractivity contribution in [3.05, 3.63) is 55.0 Å². The Morgan fingerprint density at radius 2 is 2.10 bits per heavy atom. The van der Waals surface area contributed by atoms with Gasteiger partial charge in [0.25, 0.3) is 11.4 Å². The average Bonchev–Trinajstić information content (AvgIpc) is 2.98. The maximum Gasteiger partial charge on any atom is 0.299 e. The van der Waals surface area contributed by atoms with Crippen molar-refractivity contribution in [1.82, 2.24) is 4.98 Å². The fraction of sp³-hybridized carbons (Fsp3) is 0.250. The van der Waals surface area contributed by atoms with Crippen LogP contribution in [0.2, 0.25) is 0 Å². The van der Waals surface area contributed by atoms with Gasteiger partial charge in [-0.2, -0.15) is 0 Å². The normalized spacial score (nSPS) is 11.9. The molecule has 1 N–H and O–H groups in total. The third-order valence-corrected chi connectivity index (χ3v) is 3.87. The van der Waals surface area contributed by atoms with Crippen LogP contribution in [-0.4, -0.2) is 21.4 Å². The zero-order chi connectivity index (χ0) is 15.4. The minimum absolute atomic E-state index is 0.0831. The SMILES string of the molecule is CC(CNc1ccc([N+](=O)[O-])cc1[N+](=O)[O-])c1nccs1. The molecule has 0 saturated carbocycles. The highest BCUT2D eigenvalue weighted by molar-refractivity contribution is 7.09. The number of non-ortho nitro benzene ring substituents is 1. The van der Waals surface area contributed by atoms with Crippen LogP contribution in [0.15, 0.2) is 29.8 Å². The zero-order valence-electron chi connectivity index (χ0n) is 11.1. The molecule has 21 heavy (non-hydrogen) atoms. The third-order valence-electron chi connectivity index (χ3n) is 2.86. The second-order valence-electron chi connectivity index (χ2n) is 4.37. The summed E-state index contributed by atoms with van der Waals surface area (Å²) in [5, 5.41) is 27.4. The molecule has 0 saturated heterocycles. The predicted molar refractivity (Wildman–Crippen MR) is 78.8 cm³/mol. The average molecular weight is 308 g/mol. The first-order valence-corrected chi connectivity index (χ1v) is 6.93. The van der Waals surface area contributed by atoms with Crippen LogP contribution in [0.5, 0.6) is 0 Å². The van der Waals surface area contributed by atoms with E-state index in [0.717, 1.165) is 11.1 Å². The summed E-state index contributed by atoms with van der Waals surface area (Å²) in [6, 6.07) is 3.55. The van der Waals surface area contributed by atoms with Gasteiger partial charge >= 0.3 is 0 Å². The number of thiazole rings is 1. The highest BCUT2D eigenvalue weighted by atomic mass is 32.1. The fourth-order valence-electron chi connectivity index (χ4n) is 1.76. The van der Waals surface area contributed by atoms with Gasteiger partial charge in [-0.05, 0) is 6.07 Å². The molecular formula is C12H12N4O4S. The Kier molecular flexibility index (Phi) is 4.43. The lowest BCUT2D eigenvalue weighted by Crippen LogP contribution is -2.11. The van der Waals surface area contributed by atoms with Crippen molar-refractivity contribution in [3.63, 3.8) is 0 Å². The largest absolute Gasteiger partial charge is 0.379 e. The molecule has 0 spiro atoms. The van der Waals surface area contributed by atoms with Crippen LogP contribution in [-0.2, 0) is 0 Å². The van der Waals surface area contributed by atoms with Crippen molar-refractivity contribution in [2.75, 3.05) is 11.9 Å². The van der Waals surface area contributed by atoms with Crippen LogP contribution >= 0.6 is 11.3 Å². The van der Waals surface area contributed by atoms with Crippen molar-refractivity contribution < 1.29 is 9.85 Å². The van der Waals surface area contributed by atoms with E-state index in [1.807, 2.05) is 12.3 Å². The van der Waals surface area contributed by atoms with E-state index < -0.39 is 9.85 Å². The summed E-state index contributed by atoms with van der Waals surface area (Å²) in [7, 11) is 0. The molecule has 1 heterocycles. The molecule has 2 aromatic rings. The number of aromatic nitrogens is 1. The molecule has 1 aromatic carbocycles. The van der Waals surface area contributed by atoms with Gasteiger partial charge in [0.15, 0.2) is 0 Å². The molecule has 8 nitrogen and oxygen atoms in total. The smallest absolute Gasteiger partial charge is 0.299 e. The van der Waals surface area contributed by atoms with Crippen LogP contribution in [0.1, 0.15) is 17.8 Å². The second-order valence-corrected chi connectivity index (χ2v) is 5.29. The number of nitrogens with one attached hydrogen (secondary N) is 1. The first-order valence-electron chi connectivity index (χ1n) is 6.05. The maximum atomic E-state index is 11.0. The molecule has 0 bridgehead atoms. The number of anilines is 1. The van der Waals surface area contributed by atoms with E-state index in [1.54, 1.807) is 6.20 Å². The summed E-state index contributed by atoms with van der Waals surface area (Å²) < 4.78 is 0. The zero-order valence-corrected chi connectivity index (χ0v) is 11.9. The summed E-state index contributed by atoms with van der Waals surface area (Å²) in [5.41, 5.74) is -0.357. The molecular weight excluding hydrogens is 296 g/mol. The molecule has 0 aliphatic carbocycles. The van der Waals surface area contributed by atoms with Crippen molar-refractivity contribution in [3.8, 4) is 0 Å². The molecule has 110 valence electrons. The second kappa shape index (κ2) is 6.27. The van der Waals surface area contributed by atoms with Gasteiger partial charge in [0.1, 0.15) is 5.69 Å². The van der Waals surface area contributed by atoms with Crippen molar-refractivity contribution in [2.45, 2.75) is 12.8 Å². The van der Waals surface area contributed by atoms with Crippen LogP contribution in [0.3, 0.4) is 0 Å². The number of nitro groups is 2. The van der Waals surface area contributed by atoms with Gasteiger partial charge in [-0.15, -0.1) is 11.3 Å². The molecule has 1 unspecified atom stereocenters. The Balaban J connectivity index is 2.16. The van der Waals surface area contributed by atoms with E-state index in [4.69, 9.17) is 0 Å². The van der Waals surface area contributed by atoms with Crippen LogP contribution in [0.4, 0.5) is 17.1 Å². The minimum Gasteiger partial charge on any atom is -0.379 e. The summed E-state index contributed by atoms with van der Waals surface area (Å²) in [4.78, 5) is 24.6. The summed E-state index contributed by atoms with van der Waals surface area (Å²) in [6.45, 7) is 2.40. The standard InChI is InChI=1S/C12H12N4O4S/c1-8(12-13-4-5-21-12)7-14-10-3-2-9(15(17)18)6-11(10)16(19)20/h2-6,8,14H,7H2,1H3. The van der Waals surface area contributed by atoms with Crippen LogP contribution in [0, 0.1) is 20.2 Å². The van der Waals surface area contributed by atoms with E-state index in [0.29, 0.717) is 6.54 Å². The Bertz CT molecular complexity index is 659. The van der Waals surface area contributed by atoms with E-state index in [1.165, 1.54) is 23.5 Å². The van der Waals surface area contributed by atoms with Gasteiger partial charge in [0.05, 0.1) is 20.9 Å². The number of nitro benzene ring substituents is 2. The molecule has 0 amide bonds. The Labute approximate surface area is 123 Å². The van der Waals surface area contributed by atoms with Crippen LogP contribution < -0.4 is 5.32 Å². The highest BCUT2D eigenvalue weighted by Gasteiger charge is 2.20. The molecule has 9 heteroatoms. The molecule has 0 aliphatic rings. The number of hydrogen-bond donors (Lipinski definition) is 1. The van der Waals surface area contributed by atoms with Gasteiger partial charge in [0, 0.05) is 30.1 Å². The van der Waals surface area contributed by atoms with E-state index in [2.05, 4.69) is 10.3 Å². The first-order chi connectivity index (χ1) is 9.99. The fourth-order valence-corrected chi connectivity index (χ4v) is 2.46. The van der Waals surface area contributed by atoms with E-state index in [9.17, 15) is 20.2 Å². The van der Waals surface area contributed by atoms with Gasteiger partial charge < -0.3 is 5.32 Å². The molecule has 0 fully saturated rings. The molecule has 0 radical (unpaired) electrons. The van der Waals surface area contributed by atoms with Gasteiger partial charge in [0.2, 0.25) is 0 Å². The summed E-state index contributed by atoms with van der Waals surface area (Å²) >= 11 is 1.51. The molecule has 0 aliphatic heterocycles. The van der Waals surface area contributed by atoms with E-state index in [-0.39, 0.29) is 23.0 Å². The number of nitrogens with zero attached hydrogens (tertiary/aromatic N) is 3. The Hall–Kier alpha value is -2.55. The lowest BCUT2D eigenvalue weighted by atomic mass is 10.2. The number of hydrogen-bond acceptors (Lipinski definition) is 7. The van der Waals surface area contributed by atoms with Crippen LogP contribution in [0.25, 0.3) is 0 Å².